The highest BCUT2D eigenvalue weighted by atomic mass is 16.5. The molecule has 8 nitrogen and oxygen atoms in total. The zero-order chi connectivity index (χ0) is 21.3. The van der Waals surface area contributed by atoms with Crippen molar-refractivity contribution in [3.63, 3.8) is 0 Å². The molecule has 4 rings (SSSR count). The lowest BCUT2D eigenvalue weighted by atomic mass is 10.1. The smallest absolute Gasteiger partial charge is 0.337 e. The van der Waals surface area contributed by atoms with E-state index in [4.69, 9.17) is 9.47 Å². The van der Waals surface area contributed by atoms with E-state index in [1.807, 2.05) is 16.9 Å². The second kappa shape index (κ2) is 7.90. The summed E-state index contributed by atoms with van der Waals surface area (Å²) < 4.78 is 12.0. The Balaban J connectivity index is 1.97. The van der Waals surface area contributed by atoms with E-state index < -0.39 is 5.97 Å². The molecule has 0 bridgehead atoms. The average molecular weight is 406 g/mol. The zero-order valence-electron chi connectivity index (χ0n) is 17.0. The third-order valence-corrected chi connectivity index (χ3v) is 4.91. The summed E-state index contributed by atoms with van der Waals surface area (Å²) in [6.45, 7) is 2.82. The number of methoxy groups -OCH3 is 2. The predicted octanol–water partition coefficient (Wildman–Crippen LogP) is 3.29. The third kappa shape index (κ3) is 3.36. The van der Waals surface area contributed by atoms with Crippen molar-refractivity contribution in [3.8, 4) is 17.0 Å². The molecular formula is C22H22N4O4. The van der Waals surface area contributed by atoms with E-state index in [2.05, 4.69) is 22.3 Å². The van der Waals surface area contributed by atoms with Crippen molar-refractivity contribution in [1.82, 2.24) is 14.6 Å². The van der Waals surface area contributed by atoms with Crippen molar-refractivity contribution in [2.45, 2.75) is 13.3 Å². The Morgan fingerprint density at radius 1 is 1.20 bits per heavy atom. The monoisotopic (exact) mass is 406 g/mol. The number of hydrogen-bond acceptors (Lipinski definition) is 6. The van der Waals surface area contributed by atoms with E-state index in [9.17, 15) is 9.59 Å². The second-order valence-corrected chi connectivity index (χ2v) is 6.84. The summed E-state index contributed by atoms with van der Waals surface area (Å²) in [5.41, 5.74) is 6.33. The molecule has 154 valence electrons. The number of esters is 1. The first-order valence-corrected chi connectivity index (χ1v) is 9.61. The number of ether oxygens (including phenoxy) is 2. The maximum atomic E-state index is 12.9. The van der Waals surface area contributed by atoms with Gasteiger partial charge in [0.05, 0.1) is 36.3 Å². The van der Waals surface area contributed by atoms with Gasteiger partial charge in [-0.3, -0.25) is 9.47 Å². The predicted molar refractivity (Wildman–Crippen MR) is 116 cm³/mol. The number of nitrogens with zero attached hydrogens (tertiary/aromatic N) is 2. The van der Waals surface area contributed by atoms with Crippen LogP contribution in [0.25, 0.3) is 33.2 Å². The van der Waals surface area contributed by atoms with Crippen molar-refractivity contribution in [3.05, 3.63) is 58.5 Å². The molecule has 4 aromatic rings. The minimum Gasteiger partial charge on any atom is -0.497 e. The normalized spacial score (nSPS) is 11.0. The minimum absolute atomic E-state index is 0.264. The molecule has 0 fully saturated rings. The number of nitrogens with one attached hydrogen (secondary N) is 2. The molecule has 0 amide bonds. The summed E-state index contributed by atoms with van der Waals surface area (Å²) in [4.78, 5) is 32.4. The van der Waals surface area contributed by atoms with Crippen LogP contribution in [0, 0.1) is 0 Å². The van der Waals surface area contributed by atoms with Crippen LogP contribution < -0.4 is 15.7 Å². The first-order chi connectivity index (χ1) is 14.5. The minimum atomic E-state index is -0.442. The number of rotatable bonds is 6. The maximum Gasteiger partial charge on any atom is 0.337 e. The highest BCUT2D eigenvalue weighted by molar-refractivity contribution is 6.01. The van der Waals surface area contributed by atoms with Gasteiger partial charge in [-0.25, -0.2) is 9.78 Å². The summed E-state index contributed by atoms with van der Waals surface area (Å²) >= 11 is 0. The van der Waals surface area contributed by atoms with E-state index in [1.54, 1.807) is 37.4 Å². The lowest BCUT2D eigenvalue weighted by Crippen LogP contribution is -2.14. The second-order valence-electron chi connectivity index (χ2n) is 6.84. The van der Waals surface area contributed by atoms with Gasteiger partial charge in [-0.15, -0.1) is 0 Å². The van der Waals surface area contributed by atoms with E-state index >= 15 is 0 Å². The molecule has 2 aromatic heterocycles. The zero-order valence-corrected chi connectivity index (χ0v) is 17.0. The molecule has 0 radical (unpaired) electrons. The average Bonchev–Trinajstić information content (AvgIpc) is 3.13. The fourth-order valence-electron chi connectivity index (χ4n) is 3.40. The first kappa shape index (κ1) is 19.5. The molecule has 0 aliphatic heterocycles. The Hall–Kier alpha value is -3.81. The van der Waals surface area contributed by atoms with Gasteiger partial charge in [-0.1, -0.05) is 6.92 Å². The van der Waals surface area contributed by atoms with Crippen molar-refractivity contribution < 1.29 is 14.3 Å². The number of benzene rings is 2. The van der Waals surface area contributed by atoms with Crippen LogP contribution in [0.3, 0.4) is 0 Å². The van der Waals surface area contributed by atoms with Crippen LogP contribution in [0.4, 0.5) is 0 Å². The van der Waals surface area contributed by atoms with Crippen LogP contribution in [-0.2, 0) is 4.74 Å². The van der Waals surface area contributed by atoms with Crippen LogP contribution in [0.15, 0.2) is 47.4 Å². The Morgan fingerprint density at radius 2 is 2.03 bits per heavy atom. The number of aromatic nitrogens is 3. The molecule has 0 aliphatic rings. The number of aromatic amines is 1. The Bertz CT molecular complexity index is 1310. The molecule has 30 heavy (non-hydrogen) atoms. The molecule has 0 aliphatic carbocycles. The number of hydrogen-bond donors (Lipinski definition) is 2. The number of carbonyl (C=O) groups is 1. The molecule has 0 spiro atoms. The quantitative estimate of drug-likeness (QED) is 0.477. The molecule has 2 aromatic carbocycles. The topological polar surface area (TPSA) is 98.2 Å². The molecule has 0 saturated heterocycles. The largest absolute Gasteiger partial charge is 0.497 e. The van der Waals surface area contributed by atoms with Crippen LogP contribution in [-0.4, -0.2) is 41.4 Å². The van der Waals surface area contributed by atoms with Gasteiger partial charge in [0.2, 0.25) is 0 Å². The molecule has 0 atom stereocenters. The molecule has 0 saturated carbocycles. The molecule has 2 N–H and O–H groups in total. The Labute approximate surface area is 172 Å². The summed E-state index contributed by atoms with van der Waals surface area (Å²) in [7, 11) is 2.92. The van der Waals surface area contributed by atoms with Crippen LogP contribution in [0.1, 0.15) is 23.7 Å². The first-order valence-electron chi connectivity index (χ1n) is 9.61. The lowest BCUT2D eigenvalue weighted by Gasteiger charge is -2.07. The van der Waals surface area contributed by atoms with Crippen molar-refractivity contribution in [1.29, 1.82) is 0 Å². The van der Waals surface area contributed by atoms with Gasteiger partial charge >= 0.3 is 5.97 Å². The van der Waals surface area contributed by atoms with Gasteiger partial charge in [0, 0.05) is 29.8 Å². The molecule has 8 heteroatoms. The van der Waals surface area contributed by atoms with Gasteiger partial charge in [0.1, 0.15) is 11.4 Å². The summed E-state index contributed by atoms with van der Waals surface area (Å²) in [6.07, 6.45) is 2.76. The summed E-state index contributed by atoms with van der Waals surface area (Å²) in [6, 6.07) is 10.5. The standard InChI is InChI=1S/C22H22N4O4/c1-4-9-23-26-12-16(15-10-13(22(28)30-3)5-8-19(15)26)20-21(27)25-17-7-6-14(29-2)11-18(17)24-20/h5-8,10-12,23H,4,9H2,1-3H3,(H,25,27). The maximum absolute atomic E-state index is 12.9. The summed E-state index contributed by atoms with van der Waals surface area (Å²) in [5.74, 6) is 0.204. The van der Waals surface area contributed by atoms with Crippen molar-refractivity contribution >= 4 is 27.9 Å². The van der Waals surface area contributed by atoms with E-state index in [0.29, 0.717) is 27.9 Å². The van der Waals surface area contributed by atoms with Crippen LogP contribution >= 0.6 is 0 Å². The van der Waals surface area contributed by atoms with E-state index in [0.717, 1.165) is 23.9 Å². The highest BCUT2D eigenvalue weighted by Gasteiger charge is 2.18. The van der Waals surface area contributed by atoms with E-state index in [-0.39, 0.29) is 11.3 Å². The number of H-pyrrole nitrogens is 1. The van der Waals surface area contributed by atoms with E-state index in [1.165, 1.54) is 7.11 Å². The fourth-order valence-corrected chi connectivity index (χ4v) is 3.40. The number of fused-ring (bicyclic) bond motifs is 2. The van der Waals surface area contributed by atoms with Gasteiger partial charge in [-0.05, 0) is 36.8 Å². The SMILES string of the molecule is CCCNn1cc(-c2nc3cc(OC)ccc3[nH]c2=O)c2cc(C(=O)OC)ccc21. The van der Waals surface area contributed by atoms with Gasteiger partial charge < -0.3 is 19.9 Å². The Morgan fingerprint density at radius 3 is 2.77 bits per heavy atom. The number of carbonyl (C=O) groups excluding carboxylic acids is 1. The van der Waals surface area contributed by atoms with Gasteiger partial charge in [0.15, 0.2) is 0 Å². The van der Waals surface area contributed by atoms with Gasteiger partial charge in [0.25, 0.3) is 5.56 Å². The van der Waals surface area contributed by atoms with Crippen molar-refractivity contribution in [2.75, 3.05) is 26.2 Å². The van der Waals surface area contributed by atoms with Crippen LogP contribution in [0.2, 0.25) is 0 Å². The summed E-state index contributed by atoms with van der Waals surface area (Å²) in [5, 5.41) is 0.724. The highest BCUT2D eigenvalue weighted by Crippen LogP contribution is 2.29. The molecule has 2 heterocycles. The third-order valence-electron chi connectivity index (χ3n) is 4.91. The molecule has 0 unspecified atom stereocenters. The van der Waals surface area contributed by atoms with Crippen LogP contribution in [0.5, 0.6) is 5.75 Å². The molecular weight excluding hydrogens is 384 g/mol. The Kier molecular flexibility index (Phi) is 5.14. The van der Waals surface area contributed by atoms with Crippen molar-refractivity contribution in [2.24, 2.45) is 0 Å². The fraction of sp³-hybridized carbons (Fsp3) is 0.227. The van der Waals surface area contributed by atoms with Gasteiger partial charge in [-0.2, -0.15) is 0 Å². The lowest BCUT2D eigenvalue weighted by molar-refractivity contribution is 0.0601.